The SMILES string of the molecule is Cc1nc(N2C(=O)c3oc4ccc(Cl)cc4c(=O)c3C2c2ccc(O)cc2)sc1C. The average Bonchev–Trinajstić information content (AvgIpc) is 3.20. The molecule has 2 aromatic carbocycles. The molecule has 3 heterocycles. The normalized spacial score (nSPS) is 15.8. The number of aromatic hydroxyl groups is 1. The number of carbonyl (C=O) groups is 1. The summed E-state index contributed by atoms with van der Waals surface area (Å²) in [4.78, 5) is 33.9. The van der Waals surface area contributed by atoms with Crippen molar-refractivity contribution >= 4 is 44.9 Å². The van der Waals surface area contributed by atoms with Gasteiger partial charge in [0, 0.05) is 9.90 Å². The highest BCUT2D eigenvalue weighted by Gasteiger charge is 2.45. The maximum absolute atomic E-state index is 13.5. The Morgan fingerprint density at radius 2 is 1.87 bits per heavy atom. The van der Waals surface area contributed by atoms with E-state index in [-0.39, 0.29) is 22.5 Å². The molecule has 0 saturated carbocycles. The summed E-state index contributed by atoms with van der Waals surface area (Å²) in [5.74, 6) is -0.336. The van der Waals surface area contributed by atoms with Crippen LogP contribution in [-0.4, -0.2) is 16.0 Å². The predicted molar refractivity (Wildman–Crippen MR) is 116 cm³/mol. The summed E-state index contributed by atoms with van der Waals surface area (Å²) in [6, 6.07) is 10.4. The van der Waals surface area contributed by atoms with Gasteiger partial charge in [0.15, 0.2) is 10.6 Å². The number of thiazole rings is 1. The third-order valence-electron chi connectivity index (χ3n) is 5.26. The molecule has 0 fully saturated rings. The van der Waals surface area contributed by atoms with Gasteiger partial charge in [-0.15, -0.1) is 11.3 Å². The number of hydrogen-bond donors (Lipinski definition) is 1. The molecular weight excluding hydrogens is 424 g/mol. The molecule has 1 amide bonds. The summed E-state index contributed by atoms with van der Waals surface area (Å²) in [6.07, 6.45) is 0. The molecule has 5 rings (SSSR count). The van der Waals surface area contributed by atoms with Crippen LogP contribution in [0.2, 0.25) is 5.02 Å². The number of aryl methyl sites for hydroxylation is 2. The first-order valence-corrected chi connectivity index (χ1v) is 10.4. The van der Waals surface area contributed by atoms with Crippen molar-refractivity contribution in [3.8, 4) is 5.75 Å². The Kier molecular flexibility index (Phi) is 4.20. The number of halogens is 1. The molecule has 1 atom stereocenters. The van der Waals surface area contributed by atoms with E-state index >= 15 is 0 Å². The fraction of sp³-hybridized carbons (Fsp3) is 0.136. The van der Waals surface area contributed by atoms with Gasteiger partial charge in [0.1, 0.15) is 11.3 Å². The lowest BCUT2D eigenvalue weighted by molar-refractivity contribution is 0.0971. The van der Waals surface area contributed by atoms with E-state index in [2.05, 4.69) is 4.98 Å². The van der Waals surface area contributed by atoms with Gasteiger partial charge in [0.25, 0.3) is 5.91 Å². The maximum Gasteiger partial charge on any atom is 0.297 e. The Morgan fingerprint density at radius 3 is 2.53 bits per heavy atom. The van der Waals surface area contributed by atoms with Crippen LogP contribution in [0, 0.1) is 13.8 Å². The molecule has 1 N–H and O–H groups in total. The fourth-order valence-corrected chi connectivity index (χ4v) is 4.78. The molecule has 1 aliphatic rings. The van der Waals surface area contributed by atoms with E-state index in [9.17, 15) is 14.7 Å². The van der Waals surface area contributed by atoms with Crippen molar-refractivity contribution in [2.24, 2.45) is 0 Å². The van der Waals surface area contributed by atoms with E-state index < -0.39 is 11.9 Å². The van der Waals surface area contributed by atoms with Gasteiger partial charge in [-0.25, -0.2) is 4.98 Å². The molecular formula is C22H15ClN2O4S. The van der Waals surface area contributed by atoms with Gasteiger partial charge in [-0.3, -0.25) is 14.5 Å². The molecule has 150 valence electrons. The standard InChI is InChI=1S/C22H15ClN2O4S/c1-10-11(2)30-22(24-10)25-18(12-3-6-14(26)7-4-12)17-19(27)15-9-13(23)5-8-16(15)29-20(17)21(25)28/h3-9,18,26H,1-2H3. The number of fused-ring (bicyclic) bond motifs is 2. The van der Waals surface area contributed by atoms with Gasteiger partial charge in [-0.2, -0.15) is 0 Å². The minimum Gasteiger partial charge on any atom is -0.508 e. The van der Waals surface area contributed by atoms with Crippen molar-refractivity contribution in [3.05, 3.63) is 85.2 Å². The first-order valence-electron chi connectivity index (χ1n) is 9.18. The topological polar surface area (TPSA) is 83.6 Å². The van der Waals surface area contributed by atoms with Crippen LogP contribution in [0.1, 0.15) is 38.3 Å². The number of carbonyl (C=O) groups excluding carboxylic acids is 1. The van der Waals surface area contributed by atoms with Gasteiger partial charge >= 0.3 is 0 Å². The second kappa shape index (κ2) is 6.68. The summed E-state index contributed by atoms with van der Waals surface area (Å²) in [5.41, 5.74) is 1.71. The highest BCUT2D eigenvalue weighted by atomic mass is 35.5. The monoisotopic (exact) mass is 438 g/mol. The van der Waals surface area contributed by atoms with E-state index in [4.69, 9.17) is 16.0 Å². The number of anilines is 1. The smallest absolute Gasteiger partial charge is 0.297 e. The van der Waals surface area contributed by atoms with E-state index in [0.717, 1.165) is 10.6 Å². The predicted octanol–water partition coefficient (Wildman–Crippen LogP) is 4.98. The van der Waals surface area contributed by atoms with Crippen molar-refractivity contribution in [2.45, 2.75) is 19.9 Å². The number of benzene rings is 2. The summed E-state index contributed by atoms with van der Waals surface area (Å²) in [5, 5.41) is 10.9. The number of phenolic OH excluding ortho intramolecular Hbond substituents is 1. The lowest BCUT2D eigenvalue weighted by Crippen LogP contribution is -2.29. The Hall–Kier alpha value is -3.16. The Morgan fingerprint density at radius 1 is 1.13 bits per heavy atom. The Balaban J connectivity index is 1.82. The van der Waals surface area contributed by atoms with Crippen LogP contribution in [0.25, 0.3) is 11.0 Å². The van der Waals surface area contributed by atoms with Gasteiger partial charge in [-0.1, -0.05) is 23.7 Å². The van der Waals surface area contributed by atoms with Crippen LogP contribution in [0.15, 0.2) is 51.7 Å². The van der Waals surface area contributed by atoms with Crippen molar-refractivity contribution in [1.29, 1.82) is 0 Å². The highest BCUT2D eigenvalue weighted by Crippen LogP contribution is 2.43. The zero-order chi connectivity index (χ0) is 21.2. The van der Waals surface area contributed by atoms with Gasteiger partial charge in [0.2, 0.25) is 5.76 Å². The molecule has 0 bridgehead atoms. The molecule has 4 aromatic rings. The molecule has 1 aliphatic heterocycles. The lowest BCUT2D eigenvalue weighted by atomic mass is 9.98. The average molecular weight is 439 g/mol. The molecule has 0 saturated heterocycles. The molecule has 0 radical (unpaired) electrons. The fourth-order valence-electron chi connectivity index (χ4n) is 3.67. The number of hydrogen-bond acceptors (Lipinski definition) is 6. The minimum absolute atomic E-state index is 0.00148. The summed E-state index contributed by atoms with van der Waals surface area (Å²) >= 11 is 7.47. The van der Waals surface area contributed by atoms with Gasteiger partial charge in [-0.05, 0) is 49.7 Å². The second-order valence-corrected chi connectivity index (χ2v) is 8.74. The number of phenols is 1. The first kappa shape index (κ1) is 18.8. The maximum atomic E-state index is 13.5. The van der Waals surface area contributed by atoms with Crippen LogP contribution < -0.4 is 10.3 Å². The summed E-state index contributed by atoms with van der Waals surface area (Å²) in [7, 11) is 0. The number of aromatic nitrogens is 1. The van der Waals surface area contributed by atoms with Crippen molar-refractivity contribution in [2.75, 3.05) is 4.90 Å². The zero-order valence-electron chi connectivity index (χ0n) is 16.0. The number of rotatable bonds is 2. The number of nitrogens with zero attached hydrogens (tertiary/aromatic N) is 2. The van der Waals surface area contributed by atoms with Crippen molar-refractivity contribution < 1.29 is 14.3 Å². The van der Waals surface area contributed by atoms with E-state index in [1.165, 1.54) is 28.4 Å². The molecule has 30 heavy (non-hydrogen) atoms. The zero-order valence-corrected chi connectivity index (χ0v) is 17.5. The molecule has 0 spiro atoms. The van der Waals surface area contributed by atoms with Crippen LogP contribution in [-0.2, 0) is 0 Å². The molecule has 8 heteroatoms. The summed E-state index contributed by atoms with van der Waals surface area (Å²) in [6.45, 7) is 3.80. The van der Waals surface area contributed by atoms with Crippen molar-refractivity contribution in [1.82, 2.24) is 4.98 Å². The third-order valence-corrected chi connectivity index (χ3v) is 6.57. The van der Waals surface area contributed by atoms with Gasteiger partial charge in [0.05, 0.1) is 22.7 Å². The molecule has 1 unspecified atom stereocenters. The lowest BCUT2D eigenvalue weighted by Gasteiger charge is -2.22. The quantitative estimate of drug-likeness (QED) is 0.477. The summed E-state index contributed by atoms with van der Waals surface area (Å²) < 4.78 is 5.89. The number of amides is 1. The van der Waals surface area contributed by atoms with E-state index in [1.54, 1.807) is 30.3 Å². The molecule has 0 aliphatic carbocycles. The largest absolute Gasteiger partial charge is 0.508 e. The molecule has 6 nitrogen and oxygen atoms in total. The van der Waals surface area contributed by atoms with Crippen LogP contribution >= 0.6 is 22.9 Å². The highest BCUT2D eigenvalue weighted by molar-refractivity contribution is 7.15. The first-order chi connectivity index (χ1) is 14.3. The van der Waals surface area contributed by atoms with Crippen LogP contribution in [0.3, 0.4) is 0 Å². The minimum atomic E-state index is -0.724. The Labute approximate surface area is 180 Å². The van der Waals surface area contributed by atoms with Gasteiger partial charge < -0.3 is 9.52 Å². The van der Waals surface area contributed by atoms with Crippen molar-refractivity contribution in [3.63, 3.8) is 0 Å². The van der Waals surface area contributed by atoms with E-state index in [1.807, 2.05) is 13.8 Å². The van der Waals surface area contributed by atoms with Crippen LogP contribution in [0.5, 0.6) is 5.75 Å². The Bertz CT molecular complexity index is 1370. The second-order valence-electron chi connectivity index (χ2n) is 7.12. The van der Waals surface area contributed by atoms with Crippen LogP contribution in [0.4, 0.5) is 5.13 Å². The third kappa shape index (κ3) is 2.74. The molecule has 2 aromatic heterocycles. The van der Waals surface area contributed by atoms with E-state index in [0.29, 0.717) is 26.7 Å².